The van der Waals surface area contributed by atoms with E-state index in [1.54, 1.807) is 12.1 Å². The Balaban J connectivity index is 0.00000304. The smallest absolute Gasteiger partial charge is 0.335 e. The van der Waals surface area contributed by atoms with Gasteiger partial charge in [0.1, 0.15) is 5.75 Å². The lowest BCUT2D eigenvalue weighted by Crippen LogP contribution is -2.28. The second-order valence-electron chi connectivity index (χ2n) is 9.33. The van der Waals surface area contributed by atoms with Crippen molar-refractivity contribution in [3.63, 3.8) is 0 Å². The van der Waals surface area contributed by atoms with Crippen molar-refractivity contribution in [3.05, 3.63) is 113 Å². The van der Waals surface area contributed by atoms with Gasteiger partial charge in [-0.3, -0.25) is 0 Å². The van der Waals surface area contributed by atoms with Gasteiger partial charge in [-0.25, -0.2) is 4.79 Å². The van der Waals surface area contributed by atoms with Gasteiger partial charge < -0.3 is 15.2 Å². The molecule has 2 unspecified atom stereocenters. The van der Waals surface area contributed by atoms with Crippen LogP contribution in [0, 0.1) is 0 Å². The summed E-state index contributed by atoms with van der Waals surface area (Å²) in [4.78, 5) is 12.0. The molecule has 0 saturated heterocycles. The molecule has 0 fully saturated rings. The third-order valence-corrected chi connectivity index (χ3v) is 7.21. The van der Waals surface area contributed by atoms with E-state index in [0.717, 1.165) is 35.3 Å². The van der Waals surface area contributed by atoms with Crippen LogP contribution >= 0.6 is 12.4 Å². The average Bonchev–Trinajstić information content (AvgIpc) is 2.90. The highest BCUT2D eigenvalue weighted by Crippen LogP contribution is 2.44. The lowest BCUT2D eigenvalue weighted by atomic mass is 9.79. The first-order valence-corrected chi connectivity index (χ1v) is 12.4. The molecule has 0 aliphatic carbocycles. The molecule has 1 aliphatic rings. The van der Waals surface area contributed by atoms with E-state index in [1.807, 2.05) is 24.3 Å². The van der Waals surface area contributed by atoms with Crippen LogP contribution in [-0.2, 0) is 6.54 Å². The summed E-state index contributed by atoms with van der Waals surface area (Å²) in [6, 6.07) is 28.6. The molecular formula is C31H32ClNO3. The largest absolute Gasteiger partial charge is 0.490 e. The standard InChI is InChI=1S/C31H31NO3.ClH/c1-3-23-18-28(26-14-6-7-15-27(26)31(33)34)30-22(12-9-17-29(30)35-23)19-32-20(2)24-16-8-11-21-10-4-5-13-25(21)24;/h4-17,20,23,28,32H,3,18-19H2,1-2H3,(H,33,34);1H/t20-,23?,28?;/m1./s1. The number of fused-ring (bicyclic) bond motifs is 2. The minimum absolute atomic E-state index is 0. The maximum absolute atomic E-state index is 12.0. The van der Waals surface area contributed by atoms with Crippen LogP contribution in [0.3, 0.4) is 0 Å². The minimum Gasteiger partial charge on any atom is -0.490 e. The molecule has 5 heteroatoms. The zero-order valence-electron chi connectivity index (χ0n) is 20.6. The number of rotatable bonds is 7. The van der Waals surface area contributed by atoms with Crippen LogP contribution in [0.1, 0.15) is 71.3 Å². The van der Waals surface area contributed by atoms with Crippen LogP contribution in [0.15, 0.2) is 84.9 Å². The Hall–Kier alpha value is -3.34. The Morgan fingerprint density at radius 2 is 1.72 bits per heavy atom. The summed E-state index contributed by atoms with van der Waals surface area (Å²) >= 11 is 0. The summed E-state index contributed by atoms with van der Waals surface area (Å²) in [7, 11) is 0. The predicted octanol–water partition coefficient (Wildman–Crippen LogP) is 7.50. The topological polar surface area (TPSA) is 58.6 Å². The quantitative estimate of drug-likeness (QED) is 0.275. The van der Waals surface area contributed by atoms with Crippen LogP contribution in [0.25, 0.3) is 10.8 Å². The van der Waals surface area contributed by atoms with Gasteiger partial charge in [0.25, 0.3) is 0 Å². The molecule has 0 amide bonds. The molecule has 4 aromatic carbocycles. The predicted molar refractivity (Wildman–Crippen MR) is 147 cm³/mol. The van der Waals surface area contributed by atoms with E-state index in [-0.39, 0.29) is 30.5 Å². The summed E-state index contributed by atoms with van der Waals surface area (Å²) in [5.41, 5.74) is 4.74. The van der Waals surface area contributed by atoms with Crippen molar-refractivity contribution in [2.45, 2.75) is 51.3 Å². The van der Waals surface area contributed by atoms with Crippen LogP contribution < -0.4 is 10.1 Å². The van der Waals surface area contributed by atoms with Crippen molar-refractivity contribution in [1.82, 2.24) is 5.32 Å². The number of halogens is 1. The SMILES string of the molecule is CCC1CC(c2ccccc2C(=O)O)c2c(CN[C@H](C)c3cccc4ccccc34)cccc2O1.Cl. The van der Waals surface area contributed by atoms with Crippen LogP contribution in [0.4, 0.5) is 0 Å². The van der Waals surface area contributed by atoms with Gasteiger partial charge in [0.05, 0.1) is 11.7 Å². The van der Waals surface area contributed by atoms with Crippen molar-refractivity contribution in [2.24, 2.45) is 0 Å². The van der Waals surface area contributed by atoms with Crippen molar-refractivity contribution < 1.29 is 14.6 Å². The fraction of sp³-hybridized carbons (Fsp3) is 0.258. The average molecular weight is 502 g/mol. The number of hydrogen-bond acceptors (Lipinski definition) is 3. The molecule has 5 rings (SSSR count). The number of nitrogens with one attached hydrogen (secondary N) is 1. The van der Waals surface area contributed by atoms with Crippen LogP contribution in [-0.4, -0.2) is 17.2 Å². The highest BCUT2D eigenvalue weighted by molar-refractivity contribution is 5.90. The number of carboxylic acids is 1. The maximum Gasteiger partial charge on any atom is 0.335 e. The first kappa shape index (κ1) is 25.7. The number of hydrogen-bond donors (Lipinski definition) is 2. The van der Waals surface area contributed by atoms with Crippen LogP contribution in [0.5, 0.6) is 5.75 Å². The number of benzene rings is 4. The fourth-order valence-corrected chi connectivity index (χ4v) is 5.38. The van der Waals surface area contributed by atoms with E-state index in [4.69, 9.17) is 4.74 Å². The molecule has 4 aromatic rings. The molecule has 1 heterocycles. The Kier molecular flexibility index (Phi) is 7.97. The Bertz CT molecular complexity index is 1360. The molecule has 2 N–H and O–H groups in total. The molecule has 3 atom stereocenters. The number of carbonyl (C=O) groups is 1. The van der Waals surface area contributed by atoms with E-state index >= 15 is 0 Å². The van der Waals surface area contributed by atoms with Crippen molar-refractivity contribution in [1.29, 1.82) is 0 Å². The molecule has 186 valence electrons. The summed E-state index contributed by atoms with van der Waals surface area (Å²) in [5.74, 6) is -0.0471. The van der Waals surface area contributed by atoms with Gasteiger partial charge in [-0.05, 0) is 59.4 Å². The number of ether oxygens (including phenoxy) is 1. The monoisotopic (exact) mass is 501 g/mol. The molecule has 4 nitrogen and oxygen atoms in total. The first-order chi connectivity index (χ1) is 17.1. The molecule has 36 heavy (non-hydrogen) atoms. The van der Waals surface area contributed by atoms with Gasteiger partial charge in [0, 0.05) is 24.1 Å². The van der Waals surface area contributed by atoms with Crippen molar-refractivity contribution >= 4 is 29.1 Å². The Morgan fingerprint density at radius 1 is 1.00 bits per heavy atom. The van der Waals surface area contributed by atoms with E-state index in [2.05, 4.69) is 67.7 Å². The van der Waals surface area contributed by atoms with Gasteiger partial charge in [-0.1, -0.05) is 79.7 Å². The zero-order valence-corrected chi connectivity index (χ0v) is 21.4. The highest BCUT2D eigenvalue weighted by Gasteiger charge is 2.32. The zero-order chi connectivity index (χ0) is 24.4. The van der Waals surface area contributed by atoms with Crippen molar-refractivity contribution in [3.8, 4) is 5.75 Å². The lowest BCUT2D eigenvalue weighted by molar-refractivity contribution is 0.0694. The Labute approximate surface area is 218 Å². The van der Waals surface area contributed by atoms with Crippen molar-refractivity contribution in [2.75, 3.05) is 0 Å². The summed E-state index contributed by atoms with van der Waals surface area (Å²) in [5, 5.41) is 16.1. The number of aromatic carboxylic acids is 1. The summed E-state index contributed by atoms with van der Waals surface area (Å²) in [6.45, 7) is 4.98. The van der Waals surface area contributed by atoms with Crippen LogP contribution in [0.2, 0.25) is 0 Å². The molecule has 0 bridgehead atoms. The van der Waals surface area contributed by atoms with E-state index in [9.17, 15) is 9.90 Å². The normalized spacial score (nSPS) is 17.5. The van der Waals surface area contributed by atoms with Gasteiger partial charge in [-0.2, -0.15) is 0 Å². The third kappa shape index (κ3) is 4.97. The van der Waals surface area contributed by atoms with Gasteiger partial charge in [0.2, 0.25) is 0 Å². The Morgan fingerprint density at radius 3 is 2.53 bits per heavy atom. The highest BCUT2D eigenvalue weighted by atomic mass is 35.5. The molecule has 0 spiro atoms. The summed E-state index contributed by atoms with van der Waals surface area (Å²) < 4.78 is 6.35. The van der Waals surface area contributed by atoms with Gasteiger partial charge >= 0.3 is 5.97 Å². The minimum atomic E-state index is -0.887. The summed E-state index contributed by atoms with van der Waals surface area (Å²) in [6.07, 6.45) is 1.71. The second-order valence-corrected chi connectivity index (χ2v) is 9.33. The molecule has 1 aliphatic heterocycles. The third-order valence-electron chi connectivity index (χ3n) is 7.21. The van der Waals surface area contributed by atoms with E-state index < -0.39 is 5.97 Å². The maximum atomic E-state index is 12.0. The molecule has 0 radical (unpaired) electrons. The lowest BCUT2D eigenvalue weighted by Gasteiger charge is -2.34. The number of carboxylic acid groups (broad SMARTS) is 1. The molecule has 0 aromatic heterocycles. The van der Waals surface area contributed by atoms with Gasteiger partial charge in [0.15, 0.2) is 0 Å². The first-order valence-electron chi connectivity index (χ1n) is 12.4. The fourth-order valence-electron chi connectivity index (χ4n) is 5.38. The van der Waals surface area contributed by atoms with Gasteiger partial charge in [-0.15, -0.1) is 12.4 Å². The second kappa shape index (κ2) is 11.2. The molecular weight excluding hydrogens is 470 g/mol. The molecule has 0 saturated carbocycles. The van der Waals surface area contributed by atoms with E-state index in [1.165, 1.54) is 16.3 Å². The van der Waals surface area contributed by atoms with E-state index in [0.29, 0.717) is 12.1 Å².